The second-order valence-corrected chi connectivity index (χ2v) is 5.05. The number of halogens is 2. The van der Waals surface area contributed by atoms with E-state index in [0.717, 1.165) is 6.26 Å². The Hall–Kier alpha value is -0.810. The maximum absolute atomic E-state index is 12.6. The Morgan fingerprint density at radius 2 is 1.92 bits per heavy atom. The lowest BCUT2D eigenvalue weighted by atomic mass is 10.0. The third kappa shape index (κ3) is 7.55. The summed E-state index contributed by atoms with van der Waals surface area (Å²) in [6.45, 7) is 0. The zero-order valence-electron chi connectivity index (χ0n) is 7.46. The van der Waals surface area contributed by atoms with Crippen LogP contribution in [0.2, 0.25) is 0 Å². The second-order valence-electron chi connectivity index (χ2n) is 2.97. The molecule has 0 heterocycles. The molecule has 0 aliphatic heterocycles. The van der Waals surface area contributed by atoms with Crippen LogP contribution in [0.3, 0.4) is 0 Å². The summed E-state index contributed by atoms with van der Waals surface area (Å²) in [5.74, 6) is -0.540. The summed E-state index contributed by atoms with van der Waals surface area (Å²) in [7, 11) is -3.54. The van der Waals surface area contributed by atoms with E-state index < -0.39 is 10.8 Å². The first-order valence-electron chi connectivity index (χ1n) is 3.88. The maximum atomic E-state index is 12.6. The van der Waals surface area contributed by atoms with Crippen LogP contribution in [-0.4, -0.2) is 12.0 Å². The molecule has 0 aliphatic carbocycles. The lowest BCUT2D eigenvalue weighted by molar-refractivity contribution is 0.546. The Morgan fingerprint density at radius 3 is 2.31 bits per heavy atom. The molecule has 0 aromatic rings. The van der Waals surface area contributed by atoms with Gasteiger partial charge in [-0.25, -0.2) is 0 Å². The molecule has 2 nitrogen and oxygen atoms in total. The van der Waals surface area contributed by atoms with Crippen molar-refractivity contribution in [3.05, 3.63) is 0 Å². The normalized spacial score (nSPS) is 14.2. The van der Waals surface area contributed by atoms with Crippen LogP contribution >= 0.6 is 10.8 Å². The first kappa shape index (κ1) is 12.2. The molecular formula is C8H12F2N2S. The van der Waals surface area contributed by atoms with E-state index in [1.165, 1.54) is 0 Å². The molecule has 0 N–H and O–H groups in total. The third-order valence-electron chi connectivity index (χ3n) is 1.57. The van der Waals surface area contributed by atoms with E-state index in [1.807, 2.05) is 12.1 Å². The first-order chi connectivity index (χ1) is 5.99. The van der Waals surface area contributed by atoms with Gasteiger partial charge in [0.05, 0.1) is 22.9 Å². The summed E-state index contributed by atoms with van der Waals surface area (Å²) < 4.78 is 25.2. The summed E-state index contributed by atoms with van der Waals surface area (Å²) in [6.07, 6.45) is 1.70. The Morgan fingerprint density at radius 1 is 1.31 bits per heavy atom. The minimum atomic E-state index is -3.54. The van der Waals surface area contributed by atoms with Crippen LogP contribution < -0.4 is 0 Å². The maximum Gasteiger partial charge on any atom is 0.0625 e. The lowest BCUT2D eigenvalue weighted by Crippen LogP contribution is -2.07. The zero-order chi connectivity index (χ0) is 10.3. The van der Waals surface area contributed by atoms with E-state index in [-0.39, 0.29) is 24.5 Å². The molecule has 0 saturated heterocycles. The van der Waals surface area contributed by atoms with E-state index in [2.05, 4.69) is 0 Å². The summed E-state index contributed by atoms with van der Waals surface area (Å²) >= 11 is 0. The molecule has 74 valence electrons. The Balaban J connectivity index is 3.97. The summed E-state index contributed by atoms with van der Waals surface area (Å²) in [5, 5.41) is 16.6. The predicted octanol–water partition coefficient (Wildman–Crippen LogP) is 3.02. The number of hydrogen-bond acceptors (Lipinski definition) is 2. The van der Waals surface area contributed by atoms with Crippen molar-refractivity contribution in [3.8, 4) is 12.1 Å². The molecule has 5 heteroatoms. The van der Waals surface area contributed by atoms with Gasteiger partial charge in [0.2, 0.25) is 0 Å². The van der Waals surface area contributed by atoms with Crippen LogP contribution in [-0.2, 0) is 0 Å². The minimum absolute atomic E-state index is 0.123. The van der Waals surface area contributed by atoms with E-state index in [4.69, 9.17) is 10.5 Å². The van der Waals surface area contributed by atoms with Crippen molar-refractivity contribution >= 4 is 10.8 Å². The van der Waals surface area contributed by atoms with E-state index >= 15 is 0 Å². The van der Waals surface area contributed by atoms with Crippen LogP contribution in [0.25, 0.3) is 0 Å². The SMILES string of the molecule is CS(F)(F)CC(CC#N)CCC#N. The fraction of sp³-hybridized carbons (Fsp3) is 0.750. The minimum Gasteiger partial charge on any atom is -0.198 e. The highest BCUT2D eigenvalue weighted by atomic mass is 32.3. The van der Waals surface area contributed by atoms with Crippen LogP contribution in [0, 0.1) is 28.6 Å². The molecule has 0 fully saturated rings. The smallest absolute Gasteiger partial charge is 0.0625 e. The third-order valence-corrected chi connectivity index (χ3v) is 2.63. The van der Waals surface area contributed by atoms with Gasteiger partial charge in [-0.2, -0.15) is 18.3 Å². The summed E-state index contributed by atoms with van der Waals surface area (Å²) in [5.41, 5.74) is 0. The summed E-state index contributed by atoms with van der Waals surface area (Å²) in [4.78, 5) is 0. The van der Waals surface area contributed by atoms with Gasteiger partial charge in [-0.3, -0.25) is 0 Å². The van der Waals surface area contributed by atoms with Gasteiger partial charge < -0.3 is 0 Å². The molecule has 0 saturated carbocycles. The molecule has 1 atom stereocenters. The van der Waals surface area contributed by atoms with Gasteiger partial charge >= 0.3 is 0 Å². The highest BCUT2D eigenvalue weighted by Gasteiger charge is 2.21. The van der Waals surface area contributed by atoms with Gasteiger partial charge in [-0.15, -0.1) is 0 Å². The number of hydrogen-bond donors (Lipinski definition) is 0. The Bertz CT molecular complexity index is 224. The average Bonchev–Trinajstić information content (AvgIpc) is 1.98. The van der Waals surface area contributed by atoms with Crippen molar-refractivity contribution < 1.29 is 7.77 Å². The second kappa shape index (κ2) is 5.77. The molecule has 1 unspecified atom stereocenters. The lowest BCUT2D eigenvalue weighted by Gasteiger charge is -2.20. The van der Waals surface area contributed by atoms with Crippen LogP contribution in [0.15, 0.2) is 0 Å². The van der Waals surface area contributed by atoms with Crippen molar-refractivity contribution in [3.63, 3.8) is 0 Å². The molecule has 0 radical (unpaired) electrons. The molecular weight excluding hydrogens is 194 g/mol. The summed E-state index contributed by atoms with van der Waals surface area (Å²) in [6, 6.07) is 3.77. The molecule has 13 heavy (non-hydrogen) atoms. The number of rotatable bonds is 5. The monoisotopic (exact) mass is 206 g/mol. The Labute approximate surface area is 79.1 Å². The highest BCUT2D eigenvalue weighted by Crippen LogP contribution is 2.49. The molecule has 0 spiro atoms. The highest BCUT2D eigenvalue weighted by molar-refractivity contribution is 8.24. The zero-order valence-corrected chi connectivity index (χ0v) is 8.28. The van der Waals surface area contributed by atoms with Crippen LogP contribution in [0.4, 0.5) is 7.77 Å². The Kier molecular flexibility index (Phi) is 5.41. The van der Waals surface area contributed by atoms with Crippen molar-refractivity contribution in [2.75, 3.05) is 12.0 Å². The molecule has 0 aromatic carbocycles. The standard InChI is InChI=1S/C8H12F2N2S/c1-13(9,10)7-8(4-6-12)3-2-5-11/h8H,2-4,7H2,1H3. The van der Waals surface area contributed by atoms with Gasteiger partial charge in [-0.1, -0.05) is 0 Å². The van der Waals surface area contributed by atoms with Gasteiger partial charge in [0.15, 0.2) is 0 Å². The topological polar surface area (TPSA) is 47.6 Å². The van der Waals surface area contributed by atoms with E-state index in [9.17, 15) is 7.77 Å². The fourth-order valence-electron chi connectivity index (χ4n) is 1.06. The van der Waals surface area contributed by atoms with Gasteiger partial charge in [0.1, 0.15) is 0 Å². The van der Waals surface area contributed by atoms with Gasteiger partial charge in [-0.05, 0) is 12.3 Å². The van der Waals surface area contributed by atoms with Crippen molar-refractivity contribution in [2.45, 2.75) is 19.3 Å². The number of nitrogens with zero attached hydrogens (tertiary/aromatic N) is 2. The fourth-order valence-corrected chi connectivity index (χ4v) is 2.17. The first-order valence-corrected chi connectivity index (χ1v) is 5.90. The molecule has 0 bridgehead atoms. The molecule has 0 amide bonds. The van der Waals surface area contributed by atoms with Gasteiger partial charge in [0, 0.05) is 24.9 Å². The van der Waals surface area contributed by atoms with Crippen molar-refractivity contribution in [1.29, 1.82) is 10.5 Å². The largest absolute Gasteiger partial charge is 0.198 e. The van der Waals surface area contributed by atoms with Crippen molar-refractivity contribution in [2.24, 2.45) is 5.92 Å². The van der Waals surface area contributed by atoms with Crippen LogP contribution in [0.5, 0.6) is 0 Å². The van der Waals surface area contributed by atoms with E-state index in [1.54, 1.807) is 0 Å². The quantitative estimate of drug-likeness (QED) is 0.694. The molecule has 0 aromatic heterocycles. The average molecular weight is 206 g/mol. The van der Waals surface area contributed by atoms with Crippen LogP contribution in [0.1, 0.15) is 19.3 Å². The van der Waals surface area contributed by atoms with Gasteiger partial charge in [0.25, 0.3) is 0 Å². The molecule has 0 rings (SSSR count). The molecule has 0 aliphatic rings. The number of nitriles is 2. The van der Waals surface area contributed by atoms with Crippen molar-refractivity contribution in [1.82, 2.24) is 0 Å². The predicted molar refractivity (Wildman–Crippen MR) is 49.2 cm³/mol. The van der Waals surface area contributed by atoms with E-state index in [0.29, 0.717) is 6.42 Å².